The van der Waals surface area contributed by atoms with E-state index >= 15 is 0 Å². The summed E-state index contributed by atoms with van der Waals surface area (Å²) in [4.78, 5) is 2.47. The highest BCUT2D eigenvalue weighted by molar-refractivity contribution is 7.99. The lowest BCUT2D eigenvalue weighted by molar-refractivity contribution is -0.0265. The molecule has 0 spiro atoms. The van der Waals surface area contributed by atoms with Crippen molar-refractivity contribution >= 4 is 11.8 Å². The molecule has 120 valence electrons. The number of hydrogen-bond acceptors (Lipinski definition) is 6. The van der Waals surface area contributed by atoms with E-state index in [1.807, 2.05) is 0 Å². The van der Waals surface area contributed by atoms with E-state index < -0.39 is 0 Å². The lowest BCUT2D eigenvalue weighted by Crippen LogP contribution is -2.46. The number of hydrogen-bond donors (Lipinski definition) is 1. The molecule has 21 heavy (non-hydrogen) atoms. The first-order chi connectivity index (χ1) is 10.2. The van der Waals surface area contributed by atoms with E-state index in [-0.39, 0.29) is 6.10 Å². The van der Waals surface area contributed by atoms with Gasteiger partial charge in [0.05, 0.1) is 19.3 Å². The van der Waals surface area contributed by atoms with E-state index in [9.17, 15) is 0 Å². The van der Waals surface area contributed by atoms with E-state index in [2.05, 4.69) is 40.4 Å². The second kappa shape index (κ2) is 8.12. The van der Waals surface area contributed by atoms with E-state index in [0.717, 1.165) is 49.4 Å². The Hall–Kier alpha value is -0.630. The van der Waals surface area contributed by atoms with Gasteiger partial charge >= 0.3 is 0 Å². The summed E-state index contributed by atoms with van der Waals surface area (Å²) in [6, 6.07) is 0.578. The summed E-state index contributed by atoms with van der Waals surface area (Å²) >= 11 is 1.73. The van der Waals surface area contributed by atoms with Crippen LogP contribution in [0.15, 0.2) is 5.16 Å². The molecule has 2 N–H and O–H groups in total. The van der Waals surface area contributed by atoms with E-state index in [4.69, 9.17) is 10.5 Å². The van der Waals surface area contributed by atoms with Gasteiger partial charge in [0.15, 0.2) is 5.16 Å². The Balaban J connectivity index is 1.92. The van der Waals surface area contributed by atoms with Crippen LogP contribution in [0.5, 0.6) is 0 Å². The maximum Gasteiger partial charge on any atom is 0.191 e. The SMILES string of the molecule is CCCn1c(CN)nnc1SCC1CN(C(C)C)CCO1. The average Bonchev–Trinajstić information content (AvgIpc) is 2.88. The third kappa shape index (κ3) is 4.42. The number of rotatable bonds is 7. The van der Waals surface area contributed by atoms with Crippen LogP contribution in [-0.2, 0) is 17.8 Å². The summed E-state index contributed by atoms with van der Waals surface area (Å²) in [6.45, 7) is 10.8. The monoisotopic (exact) mass is 313 g/mol. The van der Waals surface area contributed by atoms with Crippen LogP contribution in [0.1, 0.15) is 33.0 Å². The fourth-order valence-corrected chi connectivity index (χ4v) is 3.49. The quantitative estimate of drug-likeness (QED) is 0.766. The van der Waals surface area contributed by atoms with Crippen LogP contribution in [0.25, 0.3) is 0 Å². The fraction of sp³-hybridized carbons (Fsp3) is 0.857. The van der Waals surface area contributed by atoms with Crippen molar-refractivity contribution < 1.29 is 4.74 Å². The second-order valence-corrected chi connectivity index (χ2v) is 6.63. The van der Waals surface area contributed by atoms with Gasteiger partial charge in [0.25, 0.3) is 0 Å². The first kappa shape index (κ1) is 16.7. The number of aromatic nitrogens is 3. The lowest BCUT2D eigenvalue weighted by atomic mass is 10.2. The maximum absolute atomic E-state index is 5.87. The van der Waals surface area contributed by atoms with Gasteiger partial charge in [0.2, 0.25) is 0 Å². The molecule has 7 heteroatoms. The van der Waals surface area contributed by atoms with Crippen molar-refractivity contribution in [2.24, 2.45) is 5.73 Å². The number of nitrogens with zero attached hydrogens (tertiary/aromatic N) is 4. The average molecular weight is 313 g/mol. The smallest absolute Gasteiger partial charge is 0.191 e. The van der Waals surface area contributed by atoms with Crippen molar-refractivity contribution in [3.63, 3.8) is 0 Å². The topological polar surface area (TPSA) is 69.2 Å². The second-order valence-electron chi connectivity index (χ2n) is 5.65. The highest BCUT2D eigenvalue weighted by Crippen LogP contribution is 2.21. The van der Waals surface area contributed by atoms with Crippen LogP contribution in [0, 0.1) is 0 Å². The molecular formula is C14H27N5OS. The third-order valence-corrected chi connectivity index (χ3v) is 4.82. The van der Waals surface area contributed by atoms with Crippen molar-refractivity contribution in [1.82, 2.24) is 19.7 Å². The fourth-order valence-electron chi connectivity index (χ4n) is 2.50. The summed E-state index contributed by atoms with van der Waals surface area (Å²) in [5.41, 5.74) is 5.72. The zero-order valence-electron chi connectivity index (χ0n) is 13.3. The highest BCUT2D eigenvalue weighted by atomic mass is 32.2. The summed E-state index contributed by atoms with van der Waals surface area (Å²) in [6.07, 6.45) is 1.32. The van der Waals surface area contributed by atoms with E-state index in [0.29, 0.717) is 12.6 Å². The minimum Gasteiger partial charge on any atom is -0.375 e. The molecule has 1 aliphatic heterocycles. The van der Waals surface area contributed by atoms with Crippen LogP contribution >= 0.6 is 11.8 Å². The summed E-state index contributed by atoms with van der Waals surface area (Å²) in [5.74, 6) is 1.78. The van der Waals surface area contributed by atoms with Crippen molar-refractivity contribution in [3.8, 4) is 0 Å². The van der Waals surface area contributed by atoms with Crippen LogP contribution in [0.3, 0.4) is 0 Å². The van der Waals surface area contributed by atoms with Gasteiger partial charge in [-0.05, 0) is 20.3 Å². The van der Waals surface area contributed by atoms with Gasteiger partial charge in [0.1, 0.15) is 5.82 Å². The standard InChI is InChI=1S/C14H27N5OS/c1-4-5-19-13(8-15)16-17-14(19)21-10-12-9-18(11(2)3)6-7-20-12/h11-12H,4-10,15H2,1-3H3. The van der Waals surface area contributed by atoms with Gasteiger partial charge in [-0.3, -0.25) is 4.90 Å². The highest BCUT2D eigenvalue weighted by Gasteiger charge is 2.23. The third-order valence-electron chi connectivity index (χ3n) is 3.72. The van der Waals surface area contributed by atoms with Crippen LogP contribution in [0.2, 0.25) is 0 Å². The first-order valence-electron chi connectivity index (χ1n) is 7.76. The summed E-state index contributed by atoms with van der Waals surface area (Å²) in [5, 5.41) is 9.41. The van der Waals surface area contributed by atoms with E-state index in [1.165, 1.54) is 0 Å². The molecule has 1 atom stereocenters. The van der Waals surface area contributed by atoms with Crippen molar-refractivity contribution in [2.45, 2.75) is 57.6 Å². The van der Waals surface area contributed by atoms with Crippen molar-refractivity contribution in [3.05, 3.63) is 5.82 Å². The van der Waals surface area contributed by atoms with Gasteiger partial charge in [-0.25, -0.2) is 0 Å². The molecule has 0 amide bonds. The Bertz CT molecular complexity index is 437. The molecule has 1 saturated heterocycles. The Labute approximate surface area is 131 Å². The zero-order chi connectivity index (χ0) is 15.2. The molecule has 1 aromatic rings. The van der Waals surface area contributed by atoms with Gasteiger partial charge in [0, 0.05) is 31.4 Å². The molecule has 1 aliphatic rings. The number of ether oxygens (including phenoxy) is 1. The van der Waals surface area contributed by atoms with Gasteiger partial charge < -0.3 is 15.0 Å². The molecule has 2 heterocycles. The maximum atomic E-state index is 5.87. The molecule has 0 radical (unpaired) electrons. The normalized spacial score (nSPS) is 20.3. The molecule has 2 rings (SSSR count). The molecule has 1 unspecified atom stereocenters. The van der Waals surface area contributed by atoms with Crippen LogP contribution < -0.4 is 5.73 Å². The molecule has 1 fully saturated rings. The Morgan fingerprint density at radius 2 is 2.24 bits per heavy atom. The Morgan fingerprint density at radius 3 is 2.90 bits per heavy atom. The molecular weight excluding hydrogens is 286 g/mol. The number of nitrogens with two attached hydrogens (primary N) is 1. The van der Waals surface area contributed by atoms with Crippen LogP contribution in [0.4, 0.5) is 0 Å². The molecule has 1 aromatic heterocycles. The largest absolute Gasteiger partial charge is 0.375 e. The van der Waals surface area contributed by atoms with Crippen LogP contribution in [-0.4, -0.2) is 57.3 Å². The van der Waals surface area contributed by atoms with Crippen molar-refractivity contribution in [2.75, 3.05) is 25.4 Å². The van der Waals surface area contributed by atoms with E-state index in [1.54, 1.807) is 11.8 Å². The minimum atomic E-state index is 0.263. The number of morpholine rings is 1. The molecule has 6 nitrogen and oxygen atoms in total. The lowest BCUT2D eigenvalue weighted by Gasteiger charge is -2.35. The minimum absolute atomic E-state index is 0.263. The van der Waals surface area contributed by atoms with Crippen molar-refractivity contribution in [1.29, 1.82) is 0 Å². The molecule has 0 aromatic carbocycles. The predicted molar refractivity (Wildman–Crippen MR) is 85.4 cm³/mol. The predicted octanol–water partition coefficient (Wildman–Crippen LogP) is 1.35. The summed E-state index contributed by atoms with van der Waals surface area (Å²) in [7, 11) is 0. The zero-order valence-corrected chi connectivity index (χ0v) is 14.1. The number of thioether (sulfide) groups is 1. The van der Waals surface area contributed by atoms with Gasteiger partial charge in [-0.15, -0.1) is 10.2 Å². The Morgan fingerprint density at radius 1 is 1.43 bits per heavy atom. The van der Waals surface area contributed by atoms with Gasteiger partial charge in [-0.2, -0.15) is 0 Å². The molecule has 0 aliphatic carbocycles. The van der Waals surface area contributed by atoms with Gasteiger partial charge in [-0.1, -0.05) is 18.7 Å². The summed E-state index contributed by atoms with van der Waals surface area (Å²) < 4.78 is 8.00. The molecule has 0 bridgehead atoms. The first-order valence-corrected chi connectivity index (χ1v) is 8.74. The molecule has 0 saturated carbocycles. The Kier molecular flexibility index (Phi) is 6.47.